The molecule has 0 bridgehead atoms. The van der Waals surface area contributed by atoms with Crippen LogP contribution in [0.3, 0.4) is 0 Å². The molecular weight excluding hydrogens is 323 g/mol. The van der Waals surface area contributed by atoms with Crippen molar-refractivity contribution in [2.24, 2.45) is 5.73 Å². The summed E-state index contributed by atoms with van der Waals surface area (Å²) in [4.78, 5) is 22.9. The van der Waals surface area contributed by atoms with E-state index >= 15 is 0 Å². The van der Waals surface area contributed by atoms with Gasteiger partial charge in [0, 0.05) is 5.02 Å². The lowest BCUT2D eigenvalue weighted by Crippen LogP contribution is -2.16. The average molecular weight is 337 g/mol. The second-order valence-corrected chi connectivity index (χ2v) is 5.08. The highest BCUT2D eigenvalue weighted by molar-refractivity contribution is 6.31. The Morgan fingerprint density at radius 3 is 2.70 bits per heavy atom. The normalized spacial score (nSPS) is 10.2. The average Bonchev–Trinajstić information content (AvgIpc) is 2.51. The van der Waals surface area contributed by atoms with Gasteiger partial charge in [0.1, 0.15) is 11.6 Å². The highest BCUT2D eigenvalue weighted by Crippen LogP contribution is 2.25. The number of amides is 2. The molecule has 2 aromatic rings. The van der Waals surface area contributed by atoms with Crippen molar-refractivity contribution in [3.63, 3.8) is 0 Å². The maximum Gasteiger partial charge on any atom is 0.258 e. The van der Waals surface area contributed by atoms with Crippen LogP contribution in [0.1, 0.15) is 16.8 Å². The Labute approximate surface area is 137 Å². The summed E-state index contributed by atoms with van der Waals surface area (Å²) in [7, 11) is 0. The van der Waals surface area contributed by atoms with Crippen LogP contribution in [-0.4, -0.2) is 18.4 Å². The first-order valence-electron chi connectivity index (χ1n) is 6.74. The fourth-order valence-electron chi connectivity index (χ4n) is 1.82. The lowest BCUT2D eigenvalue weighted by Gasteiger charge is -2.12. The lowest BCUT2D eigenvalue weighted by molar-refractivity contribution is -0.118. The Balaban J connectivity index is 2.14. The molecular formula is C16H14ClFN2O3. The number of rotatable bonds is 6. The summed E-state index contributed by atoms with van der Waals surface area (Å²) >= 11 is 5.78. The summed E-state index contributed by atoms with van der Waals surface area (Å²) in [6, 6.07) is 10.3. The number of carbonyl (C=O) groups is 2. The zero-order valence-electron chi connectivity index (χ0n) is 12.0. The van der Waals surface area contributed by atoms with Gasteiger partial charge >= 0.3 is 0 Å². The smallest absolute Gasteiger partial charge is 0.258 e. The summed E-state index contributed by atoms with van der Waals surface area (Å²) in [5.74, 6) is -1.48. The number of carbonyl (C=O) groups excluding carboxylic acids is 2. The molecule has 2 aromatic carbocycles. The minimum atomic E-state index is -0.681. The predicted molar refractivity (Wildman–Crippen MR) is 85.1 cm³/mol. The number of halogens is 2. The van der Waals surface area contributed by atoms with Crippen LogP contribution in [0.4, 0.5) is 10.1 Å². The summed E-state index contributed by atoms with van der Waals surface area (Å²) in [5, 5.41) is 2.81. The van der Waals surface area contributed by atoms with Crippen molar-refractivity contribution < 1.29 is 18.7 Å². The molecule has 7 heteroatoms. The monoisotopic (exact) mass is 336 g/mol. The van der Waals surface area contributed by atoms with Crippen molar-refractivity contribution in [1.29, 1.82) is 0 Å². The molecule has 5 nitrogen and oxygen atoms in total. The van der Waals surface area contributed by atoms with Gasteiger partial charge in [0.05, 0.1) is 24.3 Å². The van der Waals surface area contributed by atoms with Gasteiger partial charge in [0.25, 0.3) is 5.91 Å². The van der Waals surface area contributed by atoms with Gasteiger partial charge in [-0.3, -0.25) is 9.59 Å². The van der Waals surface area contributed by atoms with Crippen molar-refractivity contribution >= 4 is 29.1 Å². The number of anilines is 1. The maximum absolute atomic E-state index is 13.7. The van der Waals surface area contributed by atoms with Gasteiger partial charge in [-0.15, -0.1) is 0 Å². The van der Waals surface area contributed by atoms with Crippen LogP contribution < -0.4 is 15.8 Å². The van der Waals surface area contributed by atoms with E-state index in [1.165, 1.54) is 12.1 Å². The zero-order valence-corrected chi connectivity index (χ0v) is 12.8. The zero-order chi connectivity index (χ0) is 16.8. The van der Waals surface area contributed by atoms with E-state index in [0.717, 1.165) is 6.07 Å². The molecule has 0 aliphatic carbocycles. The van der Waals surface area contributed by atoms with Crippen LogP contribution >= 0.6 is 11.6 Å². The topological polar surface area (TPSA) is 81.4 Å². The molecule has 0 aliphatic rings. The molecule has 0 heterocycles. The Hall–Kier alpha value is -2.60. The van der Waals surface area contributed by atoms with Crippen molar-refractivity contribution in [2.45, 2.75) is 6.42 Å². The molecule has 0 fully saturated rings. The highest BCUT2D eigenvalue weighted by Gasteiger charge is 2.14. The van der Waals surface area contributed by atoms with Gasteiger partial charge < -0.3 is 15.8 Å². The molecule has 0 aliphatic heterocycles. The van der Waals surface area contributed by atoms with Gasteiger partial charge in [0.15, 0.2) is 0 Å². The summed E-state index contributed by atoms with van der Waals surface area (Å²) in [6.07, 6.45) is 0.0468. The molecule has 120 valence electrons. The van der Waals surface area contributed by atoms with E-state index in [0.29, 0.717) is 11.4 Å². The van der Waals surface area contributed by atoms with Crippen LogP contribution in [0.25, 0.3) is 0 Å². The standard InChI is InChI=1S/C16H14ClFN2O3/c17-10-5-6-12(18)11(9-10)16(22)20-13-3-1-2-4-14(13)23-8-7-15(19)21/h1-6,9H,7-8H2,(H2,19,21)(H,20,22). The summed E-state index contributed by atoms with van der Waals surface area (Å²) in [5.41, 5.74) is 5.21. The molecule has 0 spiro atoms. The number of ether oxygens (including phenoxy) is 1. The second kappa shape index (κ2) is 7.60. The minimum Gasteiger partial charge on any atom is -0.491 e. The van der Waals surface area contributed by atoms with E-state index in [1.807, 2.05) is 0 Å². The van der Waals surface area contributed by atoms with Crippen molar-refractivity contribution in [1.82, 2.24) is 0 Å². The molecule has 0 radical (unpaired) electrons. The first kappa shape index (κ1) is 16.8. The molecule has 23 heavy (non-hydrogen) atoms. The van der Waals surface area contributed by atoms with Crippen molar-refractivity contribution in [3.05, 3.63) is 58.9 Å². The molecule has 0 saturated heterocycles. The summed E-state index contributed by atoms with van der Waals surface area (Å²) < 4.78 is 19.1. The Morgan fingerprint density at radius 2 is 1.96 bits per heavy atom. The maximum atomic E-state index is 13.7. The van der Waals surface area contributed by atoms with Crippen molar-refractivity contribution in [3.8, 4) is 5.75 Å². The van der Waals surface area contributed by atoms with Gasteiger partial charge in [-0.05, 0) is 30.3 Å². The van der Waals surface area contributed by atoms with E-state index in [2.05, 4.69) is 5.32 Å². The van der Waals surface area contributed by atoms with Crippen LogP contribution in [0.5, 0.6) is 5.75 Å². The Morgan fingerprint density at radius 1 is 1.22 bits per heavy atom. The minimum absolute atomic E-state index is 0.0468. The Bertz CT molecular complexity index is 737. The first-order valence-corrected chi connectivity index (χ1v) is 7.11. The van der Waals surface area contributed by atoms with Gasteiger partial charge in [0.2, 0.25) is 5.91 Å². The molecule has 2 amide bonds. The number of hydrogen-bond donors (Lipinski definition) is 2. The van der Waals surface area contributed by atoms with E-state index in [4.69, 9.17) is 22.1 Å². The third-order valence-electron chi connectivity index (χ3n) is 2.91. The van der Waals surface area contributed by atoms with E-state index in [9.17, 15) is 14.0 Å². The quantitative estimate of drug-likeness (QED) is 0.850. The SMILES string of the molecule is NC(=O)CCOc1ccccc1NC(=O)c1cc(Cl)ccc1F. The van der Waals surface area contributed by atoms with E-state index in [1.54, 1.807) is 24.3 Å². The number of nitrogens with two attached hydrogens (primary N) is 1. The highest BCUT2D eigenvalue weighted by atomic mass is 35.5. The number of benzene rings is 2. The number of para-hydroxylation sites is 2. The van der Waals surface area contributed by atoms with Gasteiger partial charge in [-0.1, -0.05) is 23.7 Å². The second-order valence-electron chi connectivity index (χ2n) is 4.64. The Kier molecular flexibility index (Phi) is 5.54. The molecule has 0 aromatic heterocycles. The number of hydrogen-bond acceptors (Lipinski definition) is 3. The van der Waals surface area contributed by atoms with E-state index < -0.39 is 17.6 Å². The van der Waals surface area contributed by atoms with Crippen LogP contribution in [0, 0.1) is 5.82 Å². The third kappa shape index (κ3) is 4.69. The summed E-state index contributed by atoms with van der Waals surface area (Å²) in [6.45, 7) is 0.0771. The lowest BCUT2D eigenvalue weighted by atomic mass is 10.2. The number of nitrogens with one attached hydrogen (secondary N) is 1. The van der Waals surface area contributed by atoms with Crippen LogP contribution in [0.2, 0.25) is 5.02 Å². The van der Waals surface area contributed by atoms with Gasteiger partial charge in [-0.2, -0.15) is 0 Å². The molecule has 0 saturated carbocycles. The van der Waals surface area contributed by atoms with E-state index in [-0.39, 0.29) is 23.6 Å². The first-order chi connectivity index (χ1) is 11.0. The van der Waals surface area contributed by atoms with Gasteiger partial charge in [-0.25, -0.2) is 4.39 Å². The van der Waals surface area contributed by atoms with Crippen molar-refractivity contribution in [2.75, 3.05) is 11.9 Å². The largest absolute Gasteiger partial charge is 0.491 e. The fourth-order valence-corrected chi connectivity index (χ4v) is 1.99. The third-order valence-corrected chi connectivity index (χ3v) is 3.15. The molecule has 0 unspecified atom stereocenters. The predicted octanol–water partition coefficient (Wildman–Crippen LogP) is 2.99. The molecule has 2 rings (SSSR count). The van der Waals surface area contributed by atoms with Crippen LogP contribution in [-0.2, 0) is 4.79 Å². The molecule has 0 atom stereocenters. The fraction of sp³-hybridized carbons (Fsp3) is 0.125. The number of primary amides is 1. The molecule has 3 N–H and O–H groups in total. The van der Waals surface area contributed by atoms with Crippen LogP contribution in [0.15, 0.2) is 42.5 Å².